The van der Waals surface area contributed by atoms with Crippen molar-refractivity contribution in [2.45, 2.75) is 44.4 Å². The van der Waals surface area contributed by atoms with Crippen molar-refractivity contribution >= 4 is 0 Å². The van der Waals surface area contributed by atoms with Gasteiger partial charge in [-0.25, -0.2) is 0 Å². The van der Waals surface area contributed by atoms with Crippen LogP contribution in [-0.2, 0) is 6.42 Å². The van der Waals surface area contributed by atoms with Crippen LogP contribution in [0.25, 0.3) is 0 Å². The maximum atomic E-state index is 3.92. The van der Waals surface area contributed by atoms with Crippen molar-refractivity contribution in [3.8, 4) is 0 Å². The second kappa shape index (κ2) is 6.05. The lowest BCUT2D eigenvalue weighted by Crippen LogP contribution is -2.12. The normalized spacial score (nSPS) is 24.5. The van der Waals surface area contributed by atoms with Crippen molar-refractivity contribution in [2.75, 3.05) is 0 Å². The monoisotopic (exact) mass is 227 g/mol. The molecule has 1 aliphatic rings. The molecule has 1 fully saturated rings. The lowest BCUT2D eigenvalue weighted by molar-refractivity contribution is 0.328. The third-order valence-corrected chi connectivity index (χ3v) is 4.09. The largest absolute Gasteiger partial charge is 0.103 e. The van der Waals surface area contributed by atoms with Gasteiger partial charge in [-0.1, -0.05) is 30.3 Å². The van der Waals surface area contributed by atoms with Crippen LogP contribution in [0.5, 0.6) is 0 Å². The molecular formula is C17H23. The van der Waals surface area contributed by atoms with E-state index in [4.69, 9.17) is 0 Å². The summed E-state index contributed by atoms with van der Waals surface area (Å²) in [5.74, 6) is 1.68. The molecule has 0 saturated heterocycles. The van der Waals surface area contributed by atoms with Crippen LogP contribution in [0.3, 0.4) is 0 Å². The highest BCUT2D eigenvalue weighted by atomic mass is 14.3. The van der Waals surface area contributed by atoms with Gasteiger partial charge in [0, 0.05) is 0 Å². The summed E-state index contributed by atoms with van der Waals surface area (Å²) in [4.78, 5) is 0. The summed E-state index contributed by atoms with van der Waals surface area (Å²) in [6.45, 7) is 7.76. The average Bonchev–Trinajstić information content (AvgIpc) is 2.40. The molecule has 91 valence electrons. The minimum absolute atomic E-state index is 0.787. The van der Waals surface area contributed by atoms with Gasteiger partial charge in [-0.15, -0.1) is 6.58 Å². The Morgan fingerprint density at radius 1 is 1.06 bits per heavy atom. The summed E-state index contributed by atoms with van der Waals surface area (Å²) in [6, 6.07) is 9.08. The van der Waals surface area contributed by atoms with Gasteiger partial charge in [0.1, 0.15) is 0 Å². The van der Waals surface area contributed by atoms with E-state index in [-0.39, 0.29) is 0 Å². The first-order chi connectivity index (χ1) is 8.33. The Hall–Kier alpha value is -1.04. The molecule has 0 heterocycles. The average molecular weight is 227 g/mol. The van der Waals surface area contributed by atoms with Gasteiger partial charge in [-0.3, -0.25) is 0 Å². The third kappa shape index (κ3) is 3.21. The first kappa shape index (κ1) is 12.4. The van der Waals surface area contributed by atoms with Gasteiger partial charge < -0.3 is 0 Å². The van der Waals surface area contributed by atoms with E-state index in [1.54, 1.807) is 0 Å². The van der Waals surface area contributed by atoms with Crippen LogP contribution >= 0.6 is 0 Å². The highest BCUT2D eigenvalue weighted by Crippen LogP contribution is 2.37. The molecule has 17 heavy (non-hydrogen) atoms. The summed E-state index contributed by atoms with van der Waals surface area (Å²) in [7, 11) is 0. The highest BCUT2D eigenvalue weighted by molar-refractivity contribution is 5.26. The fourth-order valence-electron chi connectivity index (χ4n) is 2.92. The molecule has 1 aromatic rings. The maximum Gasteiger partial charge on any atom is -0.0162 e. The molecule has 0 atom stereocenters. The molecule has 1 radical (unpaired) electrons. The molecule has 0 spiro atoms. The van der Waals surface area contributed by atoms with Crippen molar-refractivity contribution in [2.24, 2.45) is 5.92 Å². The van der Waals surface area contributed by atoms with E-state index in [0.29, 0.717) is 0 Å². The molecule has 0 bridgehead atoms. The Morgan fingerprint density at radius 3 is 2.24 bits per heavy atom. The van der Waals surface area contributed by atoms with Crippen LogP contribution in [0.4, 0.5) is 0 Å². The summed E-state index contributed by atoms with van der Waals surface area (Å²) >= 11 is 0. The summed E-state index contributed by atoms with van der Waals surface area (Å²) in [5.41, 5.74) is 2.87. The topological polar surface area (TPSA) is 0 Å². The van der Waals surface area contributed by atoms with Gasteiger partial charge >= 0.3 is 0 Å². The third-order valence-electron chi connectivity index (χ3n) is 4.09. The van der Waals surface area contributed by atoms with Crippen molar-refractivity contribution in [1.82, 2.24) is 0 Å². The van der Waals surface area contributed by atoms with Crippen LogP contribution in [0.1, 0.15) is 49.1 Å². The zero-order valence-electron chi connectivity index (χ0n) is 10.7. The van der Waals surface area contributed by atoms with Gasteiger partial charge in [-0.05, 0) is 68.4 Å². The molecule has 0 amide bonds. The van der Waals surface area contributed by atoms with E-state index >= 15 is 0 Å². The second-order valence-corrected chi connectivity index (χ2v) is 5.23. The summed E-state index contributed by atoms with van der Waals surface area (Å²) in [6.07, 6.45) is 9.61. The van der Waals surface area contributed by atoms with Gasteiger partial charge in [0.25, 0.3) is 0 Å². The van der Waals surface area contributed by atoms with E-state index < -0.39 is 0 Å². The number of benzene rings is 1. The van der Waals surface area contributed by atoms with Crippen molar-refractivity contribution < 1.29 is 0 Å². The fourth-order valence-corrected chi connectivity index (χ4v) is 2.92. The molecule has 0 aromatic heterocycles. The quantitative estimate of drug-likeness (QED) is 0.641. The predicted molar refractivity (Wildman–Crippen MR) is 75.0 cm³/mol. The Labute approximate surface area is 106 Å². The highest BCUT2D eigenvalue weighted by Gasteiger charge is 2.21. The Bertz CT molecular complexity index is 339. The van der Waals surface area contributed by atoms with E-state index in [2.05, 4.69) is 43.8 Å². The molecule has 0 aliphatic heterocycles. The van der Waals surface area contributed by atoms with Crippen LogP contribution in [0, 0.1) is 12.8 Å². The van der Waals surface area contributed by atoms with Crippen LogP contribution in [0.15, 0.2) is 36.9 Å². The number of rotatable bonds is 4. The first-order valence-electron chi connectivity index (χ1n) is 6.82. The van der Waals surface area contributed by atoms with E-state index in [9.17, 15) is 0 Å². The second-order valence-electron chi connectivity index (χ2n) is 5.23. The van der Waals surface area contributed by atoms with Crippen LogP contribution in [-0.4, -0.2) is 0 Å². The smallest absolute Gasteiger partial charge is 0.0162 e. The maximum absolute atomic E-state index is 3.92. The Balaban J connectivity index is 1.93. The SMILES string of the molecule is [CH2]Cc1ccc([C@H]2CC[C@H](CC=C)CC2)cc1. The van der Waals surface area contributed by atoms with Gasteiger partial charge in [-0.2, -0.15) is 0 Å². The minimum Gasteiger partial charge on any atom is -0.103 e. The van der Waals surface area contributed by atoms with E-state index in [0.717, 1.165) is 18.3 Å². The molecule has 2 rings (SSSR count). The Kier molecular flexibility index (Phi) is 4.42. The van der Waals surface area contributed by atoms with Crippen molar-refractivity contribution in [3.05, 3.63) is 55.0 Å². The van der Waals surface area contributed by atoms with Crippen LogP contribution < -0.4 is 0 Å². The zero-order chi connectivity index (χ0) is 12.1. The number of hydrogen-bond donors (Lipinski definition) is 0. The molecule has 0 heteroatoms. The molecular weight excluding hydrogens is 204 g/mol. The standard InChI is InChI=1S/C17H23/c1-3-5-15-8-12-17(13-9-15)16-10-6-14(4-2)7-11-16/h3,6-7,10-11,15,17H,1-2,4-5,8-9,12-13H2/t15-,17-. The van der Waals surface area contributed by atoms with Crippen molar-refractivity contribution in [3.63, 3.8) is 0 Å². The van der Waals surface area contributed by atoms with Gasteiger partial charge in [0.15, 0.2) is 0 Å². The number of allylic oxidation sites excluding steroid dienone is 1. The zero-order valence-corrected chi connectivity index (χ0v) is 10.7. The van der Waals surface area contributed by atoms with Gasteiger partial charge in [0.05, 0.1) is 0 Å². The molecule has 0 N–H and O–H groups in total. The Morgan fingerprint density at radius 2 is 1.71 bits per heavy atom. The lowest BCUT2D eigenvalue weighted by Gasteiger charge is -2.28. The summed E-state index contributed by atoms with van der Waals surface area (Å²) in [5, 5.41) is 0. The van der Waals surface area contributed by atoms with Crippen LogP contribution in [0.2, 0.25) is 0 Å². The molecule has 1 aliphatic carbocycles. The lowest BCUT2D eigenvalue weighted by atomic mass is 9.77. The fraction of sp³-hybridized carbons (Fsp3) is 0.471. The molecule has 0 unspecified atom stereocenters. The minimum atomic E-state index is 0.787. The molecule has 1 saturated carbocycles. The molecule has 0 nitrogen and oxygen atoms in total. The van der Waals surface area contributed by atoms with Gasteiger partial charge in [0.2, 0.25) is 0 Å². The molecule has 1 aromatic carbocycles. The first-order valence-corrected chi connectivity index (χ1v) is 6.82. The van der Waals surface area contributed by atoms with E-state index in [1.165, 1.54) is 43.2 Å². The van der Waals surface area contributed by atoms with E-state index in [1.807, 2.05) is 0 Å². The number of hydrogen-bond acceptors (Lipinski definition) is 0. The summed E-state index contributed by atoms with van der Waals surface area (Å²) < 4.78 is 0. The predicted octanol–water partition coefficient (Wildman–Crippen LogP) is 4.91. The van der Waals surface area contributed by atoms with Crippen molar-refractivity contribution in [1.29, 1.82) is 0 Å².